The largest absolute Gasteiger partial charge is 0.399 e. The number of nitrogens with two attached hydrogens (primary N) is 3. The van der Waals surface area contributed by atoms with Gasteiger partial charge in [0.1, 0.15) is 0 Å². The first kappa shape index (κ1) is 9.03. The molecule has 12 heavy (non-hydrogen) atoms. The van der Waals surface area contributed by atoms with E-state index in [0.717, 1.165) is 12.1 Å². The number of hydrogen-bond acceptors (Lipinski definition) is 3. The Bertz CT molecular complexity index is 230. The fraction of sp³-hybridized carbons (Fsp3) is 0.333. The SMILES string of the molecule is NC[C@@H](N)Cc1ccc(N)cc1. The maximum absolute atomic E-state index is 5.69. The monoisotopic (exact) mass is 165 g/mol. The molecule has 1 aromatic rings. The Morgan fingerprint density at radius 2 is 1.75 bits per heavy atom. The average Bonchev–Trinajstić information content (AvgIpc) is 2.09. The van der Waals surface area contributed by atoms with Crippen molar-refractivity contribution in [2.45, 2.75) is 12.5 Å². The molecule has 0 saturated carbocycles. The van der Waals surface area contributed by atoms with Gasteiger partial charge in [0.15, 0.2) is 0 Å². The van der Waals surface area contributed by atoms with Gasteiger partial charge in [-0.05, 0) is 24.1 Å². The molecule has 0 aromatic heterocycles. The van der Waals surface area contributed by atoms with Crippen molar-refractivity contribution in [2.24, 2.45) is 11.5 Å². The van der Waals surface area contributed by atoms with E-state index < -0.39 is 0 Å². The fourth-order valence-corrected chi connectivity index (χ4v) is 1.04. The molecule has 1 atom stereocenters. The molecule has 6 N–H and O–H groups in total. The molecule has 0 aliphatic carbocycles. The molecular formula is C9H15N3. The Kier molecular flexibility index (Phi) is 3.08. The van der Waals surface area contributed by atoms with Crippen molar-refractivity contribution in [3.8, 4) is 0 Å². The molecule has 0 amide bonds. The van der Waals surface area contributed by atoms with Crippen LogP contribution in [0.5, 0.6) is 0 Å². The van der Waals surface area contributed by atoms with Crippen LogP contribution in [-0.2, 0) is 6.42 Å². The van der Waals surface area contributed by atoms with Crippen LogP contribution < -0.4 is 17.2 Å². The van der Waals surface area contributed by atoms with E-state index in [-0.39, 0.29) is 6.04 Å². The highest BCUT2D eigenvalue weighted by molar-refractivity contribution is 5.39. The van der Waals surface area contributed by atoms with Gasteiger partial charge >= 0.3 is 0 Å². The van der Waals surface area contributed by atoms with Crippen molar-refractivity contribution in [1.82, 2.24) is 0 Å². The lowest BCUT2D eigenvalue weighted by Crippen LogP contribution is -2.31. The molecule has 3 nitrogen and oxygen atoms in total. The maximum atomic E-state index is 5.69. The Morgan fingerprint density at radius 1 is 1.17 bits per heavy atom. The van der Waals surface area contributed by atoms with Gasteiger partial charge in [0.25, 0.3) is 0 Å². The highest BCUT2D eigenvalue weighted by Gasteiger charge is 2.00. The van der Waals surface area contributed by atoms with Gasteiger partial charge in [0.2, 0.25) is 0 Å². The Hall–Kier alpha value is -1.06. The zero-order valence-electron chi connectivity index (χ0n) is 7.03. The van der Waals surface area contributed by atoms with Crippen LogP contribution in [0.2, 0.25) is 0 Å². The third kappa shape index (κ3) is 2.53. The molecule has 0 bridgehead atoms. The quantitative estimate of drug-likeness (QED) is 0.556. The highest BCUT2D eigenvalue weighted by atomic mass is 14.7. The molecular weight excluding hydrogens is 150 g/mol. The Morgan fingerprint density at radius 3 is 2.25 bits per heavy atom. The predicted molar refractivity (Wildman–Crippen MR) is 51.6 cm³/mol. The van der Waals surface area contributed by atoms with E-state index in [4.69, 9.17) is 17.2 Å². The van der Waals surface area contributed by atoms with E-state index in [9.17, 15) is 0 Å². The molecule has 66 valence electrons. The van der Waals surface area contributed by atoms with E-state index in [1.165, 1.54) is 5.56 Å². The number of hydrogen-bond donors (Lipinski definition) is 3. The summed E-state index contributed by atoms with van der Waals surface area (Å²) in [7, 11) is 0. The second-order valence-electron chi connectivity index (χ2n) is 2.94. The van der Waals surface area contributed by atoms with Gasteiger partial charge in [-0.1, -0.05) is 12.1 Å². The van der Waals surface area contributed by atoms with Crippen LogP contribution in [0.4, 0.5) is 5.69 Å². The van der Waals surface area contributed by atoms with Crippen LogP contribution in [0.15, 0.2) is 24.3 Å². The summed E-state index contributed by atoms with van der Waals surface area (Å²) in [6, 6.07) is 7.75. The smallest absolute Gasteiger partial charge is 0.0314 e. The first-order chi connectivity index (χ1) is 5.72. The lowest BCUT2D eigenvalue weighted by atomic mass is 10.1. The Labute approximate surface area is 72.5 Å². The van der Waals surface area contributed by atoms with Crippen LogP contribution in [0.3, 0.4) is 0 Å². The van der Waals surface area contributed by atoms with Gasteiger partial charge < -0.3 is 17.2 Å². The van der Waals surface area contributed by atoms with Gasteiger partial charge in [-0.3, -0.25) is 0 Å². The first-order valence-electron chi connectivity index (χ1n) is 4.02. The van der Waals surface area contributed by atoms with Crippen molar-refractivity contribution >= 4 is 5.69 Å². The van der Waals surface area contributed by atoms with Crippen LogP contribution in [0.1, 0.15) is 5.56 Å². The normalized spacial score (nSPS) is 12.8. The van der Waals surface area contributed by atoms with Gasteiger partial charge in [0.05, 0.1) is 0 Å². The summed E-state index contributed by atoms with van der Waals surface area (Å²) in [6.07, 6.45) is 0.816. The summed E-state index contributed by atoms with van der Waals surface area (Å²) in [5, 5.41) is 0. The summed E-state index contributed by atoms with van der Waals surface area (Å²) in [6.45, 7) is 0.518. The molecule has 0 saturated heterocycles. The Balaban J connectivity index is 2.58. The first-order valence-corrected chi connectivity index (χ1v) is 4.02. The second kappa shape index (κ2) is 4.09. The van der Waals surface area contributed by atoms with Crippen LogP contribution in [-0.4, -0.2) is 12.6 Å². The molecule has 0 aliphatic heterocycles. The third-order valence-electron chi connectivity index (χ3n) is 1.78. The van der Waals surface area contributed by atoms with Gasteiger partial charge in [-0.15, -0.1) is 0 Å². The van der Waals surface area contributed by atoms with E-state index in [0.29, 0.717) is 6.54 Å². The van der Waals surface area contributed by atoms with E-state index >= 15 is 0 Å². The summed E-state index contributed by atoms with van der Waals surface area (Å²) in [4.78, 5) is 0. The molecule has 3 heteroatoms. The maximum Gasteiger partial charge on any atom is 0.0314 e. The summed E-state index contributed by atoms with van der Waals surface area (Å²) < 4.78 is 0. The van der Waals surface area contributed by atoms with Crippen molar-refractivity contribution in [3.63, 3.8) is 0 Å². The number of anilines is 1. The molecule has 0 aliphatic rings. The molecule has 0 unspecified atom stereocenters. The minimum atomic E-state index is 0.0497. The van der Waals surface area contributed by atoms with Gasteiger partial charge in [0, 0.05) is 18.3 Å². The molecule has 0 spiro atoms. The predicted octanol–water partition coefficient (Wildman–Crippen LogP) is 0.0973. The third-order valence-corrected chi connectivity index (χ3v) is 1.78. The lowest BCUT2D eigenvalue weighted by Gasteiger charge is -2.07. The van der Waals surface area contributed by atoms with Crippen molar-refractivity contribution < 1.29 is 0 Å². The minimum Gasteiger partial charge on any atom is -0.399 e. The molecule has 0 fully saturated rings. The zero-order valence-corrected chi connectivity index (χ0v) is 7.03. The van der Waals surface area contributed by atoms with Crippen molar-refractivity contribution in [1.29, 1.82) is 0 Å². The summed E-state index contributed by atoms with van der Waals surface area (Å²) >= 11 is 0. The number of nitrogen functional groups attached to an aromatic ring is 1. The molecule has 0 radical (unpaired) electrons. The van der Waals surface area contributed by atoms with Gasteiger partial charge in [-0.25, -0.2) is 0 Å². The number of benzene rings is 1. The summed E-state index contributed by atoms with van der Waals surface area (Å²) in [5.74, 6) is 0. The molecule has 0 heterocycles. The highest BCUT2D eigenvalue weighted by Crippen LogP contribution is 2.06. The van der Waals surface area contributed by atoms with Gasteiger partial charge in [-0.2, -0.15) is 0 Å². The van der Waals surface area contributed by atoms with Crippen molar-refractivity contribution in [2.75, 3.05) is 12.3 Å². The molecule has 1 rings (SSSR count). The van der Waals surface area contributed by atoms with E-state index in [1.807, 2.05) is 24.3 Å². The van der Waals surface area contributed by atoms with Crippen LogP contribution in [0.25, 0.3) is 0 Å². The topological polar surface area (TPSA) is 78.1 Å². The summed E-state index contributed by atoms with van der Waals surface area (Å²) in [5.41, 5.74) is 18.6. The fourth-order valence-electron chi connectivity index (χ4n) is 1.04. The minimum absolute atomic E-state index is 0.0497. The average molecular weight is 165 g/mol. The second-order valence-corrected chi connectivity index (χ2v) is 2.94. The van der Waals surface area contributed by atoms with Crippen LogP contribution >= 0.6 is 0 Å². The number of rotatable bonds is 3. The van der Waals surface area contributed by atoms with E-state index in [1.54, 1.807) is 0 Å². The zero-order chi connectivity index (χ0) is 8.97. The van der Waals surface area contributed by atoms with Crippen LogP contribution in [0, 0.1) is 0 Å². The van der Waals surface area contributed by atoms with E-state index in [2.05, 4.69) is 0 Å². The molecule has 1 aromatic carbocycles. The lowest BCUT2D eigenvalue weighted by molar-refractivity contribution is 0.679. The van der Waals surface area contributed by atoms with Crippen molar-refractivity contribution in [3.05, 3.63) is 29.8 Å². The standard InChI is InChI=1S/C9H15N3/c10-6-9(12)5-7-1-3-8(11)4-2-7/h1-4,9H,5-6,10-12H2/t9-/m0/s1.